The summed E-state index contributed by atoms with van der Waals surface area (Å²) in [6.07, 6.45) is 9.88. The van der Waals surface area contributed by atoms with Gasteiger partial charge >= 0.3 is 0 Å². The Bertz CT molecular complexity index is 3700. The van der Waals surface area contributed by atoms with Crippen LogP contribution in [-0.2, 0) is 14.3 Å². The van der Waals surface area contributed by atoms with Crippen LogP contribution < -0.4 is 32.0 Å². The van der Waals surface area contributed by atoms with Crippen molar-refractivity contribution in [1.82, 2.24) is 39.7 Å². The van der Waals surface area contributed by atoms with Crippen LogP contribution in [0.25, 0.3) is 22.5 Å². The number of rotatable bonds is 16. The van der Waals surface area contributed by atoms with Gasteiger partial charge in [0.05, 0.1) is 66.5 Å². The average Bonchev–Trinajstić information content (AvgIpc) is 3.56. The molecule has 2 unspecified atom stereocenters. The molecule has 2 atom stereocenters. The van der Waals surface area contributed by atoms with Gasteiger partial charge in [0.1, 0.15) is 6.29 Å². The number of nitrogens with zero attached hydrogens (tertiary/aromatic N) is 8. The Kier molecular flexibility index (Phi) is 20.8. The molecule has 4 aliphatic rings. The summed E-state index contributed by atoms with van der Waals surface area (Å²) < 4.78 is 10.9. The second-order valence-electron chi connectivity index (χ2n) is 21.6. The highest BCUT2D eigenvalue weighted by Gasteiger charge is 2.25. The maximum absolute atomic E-state index is 12.7. The molecule has 5 N–H and O–H groups in total. The number of aromatic nitrogens is 6. The van der Waals surface area contributed by atoms with Gasteiger partial charge in [-0.2, -0.15) is 0 Å². The molecular weight excluding hydrogens is 1150 g/mol. The summed E-state index contributed by atoms with van der Waals surface area (Å²) in [5.74, 6) is 0.123. The number of ether oxygens (including phenoxy) is 2. The van der Waals surface area contributed by atoms with Crippen molar-refractivity contribution < 1.29 is 14.3 Å². The Morgan fingerprint density at radius 2 is 1.09 bits per heavy atom. The molecule has 0 saturated carbocycles. The maximum Gasteiger partial charge on any atom is 0.250 e. The summed E-state index contributed by atoms with van der Waals surface area (Å²) in [5.41, 5.74) is 16.9. The third-order valence-electron chi connectivity index (χ3n) is 14.7. The van der Waals surface area contributed by atoms with E-state index in [1.165, 1.54) is 39.2 Å². The van der Waals surface area contributed by atoms with E-state index in [1.54, 1.807) is 71.6 Å². The number of hydrogen-bond donors (Lipinski definition) is 4. The number of aryl methyl sites for hydroxylation is 2. The number of H-pyrrole nitrogens is 2. The summed E-state index contributed by atoms with van der Waals surface area (Å²) in [6, 6.07) is 32.7. The van der Waals surface area contributed by atoms with E-state index < -0.39 is 0 Å². The van der Waals surface area contributed by atoms with Gasteiger partial charge in [-0.15, -0.1) is 0 Å². The molecule has 85 heavy (non-hydrogen) atoms. The van der Waals surface area contributed by atoms with Crippen molar-refractivity contribution in [1.29, 1.82) is 0 Å². The van der Waals surface area contributed by atoms with E-state index in [0.29, 0.717) is 26.4 Å². The molecule has 17 nitrogen and oxygen atoms in total. The van der Waals surface area contributed by atoms with Gasteiger partial charge in [0, 0.05) is 149 Å². The van der Waals surface area contributed by atoms with E-state index >= 15 is 0 Å². The highest BCUT2D eigenvalue weighted by molar-refractivity contribution is 8.05. The molecule has 442 valence electrons. The SMILES string of the molecule is Cc1cnc(C(C=O)CCN(C)C)cn1.Cc1cnc(C(CCN(C)C)CNc2ccc3c(c2)Sc2cccc(-c4cc(N5CCOCC5)cc(=O)[nH]4)c2S3)cn1.Nc1ccc2c(c1)Sc1cccc(-c3cc(N4CCOCC4)cc(=O)[nH]3)c1S2. The highest BCUT2D eigenvalue weighted by Crippen LogP contribution is 2.53. The molecule has 0 spiro atoms. The number of fused-ring (bicyclic) bond motifs is 4. The predicted octanol–water partition coefficient (Wildman–Crippen LogP) is 10.8. The van der Waals surface area contributed by atoms with Crippen LogP contribution in [0.2, 0.25) is 0 Å². The van der Waals surface area contributed by atoms with E-state index in [9.17, 15) is 14.4 Å². The molecule has 0 amide bonds. The number of nitrogen functional groups attached to an aromatic ring is 1. The number of carbonyl (C=O) groups excluding carboxylic acids is 1. The molecular formula is C64H72N12O5S4. The van der Waals surface area contributed by atoms with Gasteiger partial charge in [-0.3, -0.25) is 29.5 Å². The molecule has 12 rings (SSSR count). The topological polar surface area (TPSA) is 204 Å². The molecule has 2 fully saturated rings. The number of hydrogen-bond acceptors (Lipinski definition) is 19. The fraction of sp³-hybridized carbons (Fsp3) is 0.328. The number of morpholine rings is 2. The van der Waals surface area contributed by atoms with Crippen molar-refractivity contribution in [2.45, 2.75) is 77.7 Å². The zero-order valence-corrected chi connectivity index (χ0v) is 52.1. The molecule has 0 bridgehead atoms. The zero-order valence-electron chi connectivity index (χ0n) is 48.8. The number of nitrogens with one attached hydrogen (secondary N) is 3. The Morgan fingerprint density at radius 3 is 1.60 bits per heavy atom. The Hall–Kier alpha value is -6.95. The number of pyridine rings is 2. The lowest BCUT2D eigenvalue weighted by Gasteiger charge is -2.29. The molecule has 8 aromatic rings. The monoisotopic (exact) mass is 1220 g/mol. The minimum absolute atomic E-state index is 0.0850. The Morgan fingerprint density at radius 1 is 0.588 bits per heavy atom. The second-order valence-corrected chi connectivity index (χ2v) is 25.9. The molecule has 21 heteroatoms. The lowest BCUT2D eigenvalue weighted by molar-refractivity contribution is -0.109. The van der Waals surface area contributed by atoms with E-state index in [0.717, 1.165) is 133 Å². The maximum atomic E-state index is 12.7. The van der Waals surface area contributed by atoms with Crippen LogP contribution in [0.15, 0.2) is 171 Å². The van der Waals surface area contributed by atoms with Gasteiger partial charge in [0.25, 0.3) is 0 Å². The first-order valence-electron chi connectivity index (χ1n) is 28.4. The van der Waals surface area contributed by atoms with Crippen molar-refractivity contribution in [2.75, 3.05) is 121 Å². The Labute approximate surface area is 513 Å². The number of anilines is 4. The van der Waals surface area contributed by atoms with E-state index in [-0.39, 0.29) is 23.0 Å². The molecule has 4 aromatic heterocycles. The zero-order chi connectivity index (χ0) is 59.4. The predicted molar refractivity (Wildman–Crippen MR) is 345 cm³/mol. The summed E-state index contributed by atoms with van der Waals surface area (Å²) in [7, 11) is 8.18. The van der Waals surface area contributed by atoms with Crippen LogP contribution in [0.1, 0.15) is 47.5 Å². The summed E-state index contributed by atoms with van der Waals surface area (Å²) >= 11 is 7.00. The summed E-state index contributed by atoms with van der Waals surface area (Å²) in [6.45, 7) is 12.4. The number of aldehydes is 1. The minimum Gasteiger partial charge on any atom is -0.399 e. The third kappa shape index (κ3) is 16.1. The van der Waals surface area contributed by atoms with Crippen LogP contribution in [0.5, 0.6) is 0 Å². The van der Waals surface area contributed by atoms with Gasteiger partial charge in [-0.05, 0) is 129 Å². The first-order chi connectivity index (χ1) is 41.2. The fourth-order valence-corrected chi connectivity index (χ4v) is 14.8. The normalized spacial score (nSPS) is 15.0. The van der Waals surface area contributed by atoms with Crippen LogP contribution >= 0.6 is 47.0 Å². The van der Waals surface area contributed by atoms with Crippen LogP contribution in [-0.4, -0.2) is 146 Å². The van der Waals surface area contributed by atoms with Crippen LogP contribution in [0, 0.1) is 13.8 Å². The minimum atomic E-state index is -0.138. The van der Waals surface area contributed by atoms with Gasteiger partial charge in [-0.25, -0.2) is 0 Å². The number of carbonyl (C=O) groups is 1. The van der Waals surface area contributed by atoms with Crippen molar-refractivity contribution in [3.63, 3.8) is 0 Å². The molecule has 2 saturated heterocycles. The van der Waals surface area contributed by atoms with Gasteiger partial charge in [-0.1, -0.05) is 71.3 Å². The molecule has 0 aliphatic carbocycles. The molecule has 8 heterocycles. The Balaban J connectivity index is 0.000000160. The standard InChI is InChI=1S/C32H36N6O2S2.C21H19N3O2S2.C11H17N3O/c1-21-18-35-27(20-33-21)22(9-10-37(2)3)19-34-23-7-8-28-30(15-23)41-29-6-4-5-25(32(29)42-28)26-16-24(17-31(39)36-26)38-11-13-40-14-12-38;22-13-4-5-17-19(10-13)27-18-3-1-2-15(21(18)28-17)16-11-14(12-20(25)23-16)24-6-8-26-9-7-24;1-9-6-13-11(7-12-9)10(8-15)4-5-14(2)3/h4-8,15-18,20,22,34H,9-14,19H2,1-3H3,(H,36,39);1-5,10-12H,6-9,22H2,(H,23,25);6-8,10H,4-5H2,1-3H3. The van der Waals surface area contributed by atoms with Crippen molar-refractivity contribution in [3.05, 3.63) is 165 Å². The number of nitrogens with two attached hydrogens (primary N) is 1. The highest BCUT2D eigenvalue weighted by atomic mass is 32.2. The van der Waals surface area contributed by atoms with Crippen LogP contribution in [0.4, 0.5) is 22.7 Å². The van der Waals surface area contributed by atoms with Gasteiger partial charge < -0.3 is 54.9 Å². The average molecular weight is 1220 g/mol. The second kappa shape index (κ2) is 29.0. The van der Waals surface area contributed by atoms with E-state index in [1.807, 2.05) is 58.5 Å². The lowest BCUT2D eigenvalue weighted by atomic mass is 10.0. The smallest absolute Gasteiger partial charge is 0.250 e. The van der Waals surface area contributed by atoms with Crippen molar-refractivity contribution >= 4 is 76.1 Å². The first kappa shape index (κ1) is 61.1. The van der Waals surface area contributed by atoms with E-state index in [4.69, 9.17) is 15.2 Å². The lowest BCUT2D eigenvalue weighted by Crippen LogP contribution is -2.36. The first-order valence-corrected chi connectivity index (χ1v) is 31.7. The summed E-state index contributed by atoms with van der Waals surface area (Å²) in [5, 5.41) is 3.67. The van der Waals surface area contributed by atoms with Gasteiger partial charge in [0.2, 0.25) is 11.1 Å². The van der Waals surface area contributed by atoms with E-state index in [2.05, 4.69) is 136 Å². The largest absolute Gasteiger partial charge is 0.399 e. The quantitative estimate of drug-likeness (QED) is 0.0525. The molecule has 4 aromatic carbocycles. The fourth-order valence-electron chi connectivity index (χ4n) is 10.0. The van der Waals surface area contributed by atoms with Crippen LogP contribution in [0.3, 0.4) is 0 Å². The van der Waals surface area contributed by atoms with Crippen molar-refractivity contribution in [3.8, 4) is 22.5 Å². The summed E-state index contributed by atoms with van der Waals surface area (Å²) in [4.78, 5) is 77.8. The third-order valence-corrected chi connectivity index (χ3v) is 19.8. The number of benzene rings is 4. The van der Waals surface area contributed by atoms with Gasteiger partial charge in [0.15, 0.2) is 0 Å². The molecule has 0 radical (unpaired) electrons. The number of aromatic amines is 2. The van der Waals surface area contributed by atoms with Crippen molar-refractivity contribution in [2.24, 2.45) is 0 Å². The molecule has 4 aliphatic heterocycles.